The highest BCUT2D eigenvalue weighted by Crippen LogP contribution is 2.35. The molecule has 4 rings (SSSR count). The topological polar surface area (TPSA) is 75.3 Å². The first-order valence-electron chi connectivity index (χ1n) is 9.98. The van der Waals surface area contributed by atoms with Crippen molar-refractivity contribution in [3.05, 3.63) is 60.7 Å². The number of rotatable bonds is 5. The number of aliphatic hydroxyl groups excluding tert-OH is 1. The normalized spacial score (nSPS) is 16.8. The Labute approximate surface area is 170 Å². The molecule has 1 saturated heterocycles. The highest BCUT2D eigenvalue weighted by Gasteiger charge is 2.22. The van der Waals surface area contributed by atoms with Crippen molar-refractivity contribution in [3.8, 4) is 22.4 Å². The molecule has 1 aliphatic heterocycles. The largest absolute Gasteiger partial charge is 0.396 e. The number of aliphatic hydroxyl groups is 1. The van der Waals surface area contributed by atoms with E-state index in [1.807, 2.05) is 24.3 Å². The van der Waals surface area contributed by atoms with E-state index in [0.717, 1.165) is 49.2 Å². The predicted octanol–water partition coefficient (Wildman–Crippen LogP) is 4.13. The number of nitrogens with two attached hydrogens (primary N) is 1. The molecule has 29 heavy (non-hydrogen) atoms. The Morgan fingerprint density at radius 1 is 1.10 bits per heavy atom. The van der Waals surface area contributed by atoms with Crippen molar-refractivity contribution in [2.75, 3.05) is 30.3 Å². The van der Waals surface area contributed by atoms with E-state index in [2.05, 4.69) is 20.9 Å². The fourth-order valence-electron chi connectivity index (χ4n) is 4.06. The Hall–Kier alpha value is -2.99. The number of hydrogen-bond donors (Lipinski definition) is 2. The van der Waals surface area contributed by atoms with E-state index in [-0.39, 0.29) is 12.4 Å². The molecule has 0 radical (unpaired) electrons. The fraction of sp³-hybridized carbons (Fsp3) is 0.304. The monoisotopic (exact) mass is 392 g/mol. The summed E-state index contributed by atoms with van der Waals surface area (Å²) in [5.41, 5.74) is 9.37. The van der Waals surface area contributed by atoms with Gasteiger partial charge in [0.2, 0.25) is 0 Å². The van der Waals surface area contributed by atoms with Gasteiger partial charge in [-0.3, -0.25) is 4.98 Å². The average Bonchev–Trinajstić information content (AvgIpc) is 2.75. The molecule has 6 heteroatoms. The summed E-state index contributed by atoms with van der Waals surface area (Å²) in [7, 11) is 0. The highest BCUT2D eigenvalue weighted by molar-refractivity contribution is 5.80. The first-order valence-corrected chi connectivity index (χ1v) is 9.98. The van der Waals surface area contributed by atoms with Crippen molar-refractivity contribution < 1.29 is 9.50 Å². The SMILES string of the molecule is Nc1cnc(-c2ccc(-c3ccccc3N3CCCC(CCO)C3)cc2F)cn1. The zero-order valence-corrected chi connectivity index (χ0v) is 16.3. The van der Waals surface area contributed by atoms with Crippen LogP contribution in [0.25, 0.3) is 22.4 Å². The van der Waals surface area contributed by atoms with Crippen LogP contribution in [0.15, 0.2) is 54.9 Å². The van der Waals surface area contributed by atoms with Crippen molar-refractivity contribution in [3.63, 3.8) is 0 Å². The molecule has 1 atom stereocenters. The van der Waals surface area contributed by atoms with Crippen LogP contribution in [0.1, 0.15) is 19.3 Å². The number of piperidine rings is 1. The van der Waals surface area contributed by atoms with E-state index in [0.29, 0.717) is 23.0 Å². The quantitative estimate of drug-likeness (QED) is 0.683. The minimum atomic E-state index is -0.340. The summed E-state index contributed by atoms with van der Waals surface area (Å²) in [4.78, 5) is 10.5. The van der Waals surface area contributed by atoms with Crippen LogP contribution in [-0.2, 0) is 0 Å². The summed E-state index contributed by atoms with van der Waals surface area (Å²) < 4.78 is 14.9. The number of hydrogen-bond acceptors (Lipinski definition) is 5. The molecule has 0 spiro atoms. The van der Waals surface area contributed by atoms with E-state index in [9.17, 15) is 9.50 Å². The third-order valence-electron chi connectivity index (χ3n) is 5.53. The van der Waals surface area contributed by atoms with E-state index >= 15 is 0 Å². The van der Waals surface area contributed by atoms with Crippen LogP contribution < -0.4 is 10.6 Å². The van der Waals surface area contributed by atoms with Crippen molar-refractivity contribution in [2.24, 2.45) is 5.92 Å². The van der Waals surface area contributed by atoms with E-state index in [1.54, 1.807) is 12.1 Å². The molecule has 2 heterocycles. The van der Waals surface area contributed by atoms with Crippen LogP contribution >= 0.6 is 0 Å². The second-order valence-electron chi connectivity index (χ2n) is 7.50. The Balaban J connectivity index is 1.65. The number of nitrogens with zero attached hydrogens (tertiary/aromatic N) is 3. The Morgan fingerprint density at radius 3 is 2.72 bits per heavy atom. The molecule has 1 fully saturated rings. The molecule has 0 saturated carbocycles. The second kappa shape index (κ2) is 8.57. The van der Waals surface area contributed by atoms with Crippen LogP contribution in [0.5, 0.6) is 0 Å². The molecule has 1 aromatic heterocycles. The molecule has 150 valence electrons. The summed E-state index contributed by atoms with van der Waals surface area (Å²) in [6, 6.07) is 13.3. The molecule has 0 amide bonds. The zero-order chi connectivity index (χ0) is 20.2. The van der Waals surface area contributed by atoms with Gasteiger partial charge in [0, 0.05) is 36.5 Å². The maximum Gasteiger partial charge on any atom is 0.141 e. The lowest BCUT2D eigenvalue weighted by Crippen LogP contribution is -2.36. The summed E-state index contributed by atoms with van der Waals surface area (Å²) in [6.07, 6.45) is 5.98. The van der Waals surface area contributed by atoms with Gasteiger partial charge in [-0.1, -0.05) is 24.3 Å². The average molecular weight is 392 g/mol. The van der Waals surface area contributed by atoms with Gasteiger partial charge in [-0.05, 0) is 48.9 Å². The van der Waals surface area contributed by atoms with Crippen molar-refractivity contribution in [1.82, 2.24) is 9.97 Å². The molecule has 0 bridgehead atoms. The van der Waals surface area contributed by atoms with E-state index in [4.69, 9.17) is 5.73 Å². The molecule has 3 N–H and O–H groups in total. The lowest BCUT2D eigenvalue weighted by atomic mass is 9.93. The molecule has 1 unspecified atom stereocenters. The molecule has 2 aromatic carbocycles. The van der Waals surface area contributed by atoms with Crippen LogP contribution in [0, 0.1) is 11.7 Å². The van der Waals surface area contributed by atoms with Crippen LogP contribution in [0.3, 0.4) is 0 Å². The van der Waals surface area contributed by atoms with Gasteiger partial charge in [0.05, 0.1) is 18.1 Å². The molecular formula is C23H25FN4O. The minimum Gasteiger partial charge on any atom is -0.396 e. The first kappa shape index (κ1) is 19.3. The third kappa shape index (κ3) is 4.22. The van der Waals surface area contributed by atoms with Crippen molar-refractivity contribution in [1.29, 1.82) is 0 Å². The standard InChI is InChI=1S/C23H25FN4O/c24-20-12-17(7-8-19(20)21-13-27-23(25)14-26-21)18-5-1-2-6-22(18)28-10-3-4-16(15-28)9-11-29/h1-2,5-8,12-14,16,29H,3-4,9-11,15H2,(H2,25,27). The van der Waals surface area contributed by atoms with Crippen molar-refractivity contribution in [2.45, 2.75) is 19.3 Å². The number of anilines is 2. The number of para-hydroxylation sites is 1. The number of benzene rings is 2. The number of aromatic nitrogens is 2. The van der Waals surface area contributed by atoms with Gasteiger partial charge in [0.25, 0.3) is 0 Å². The Kier molecular flexibility index (Phi) is 5.71. The maximum absolute atomic E-state index is 14.9. The van der Waals surface area contributed by atoms with Crippen LogP contribution in [-0.4, -0.2) is 34.8 Å². The number of nitrogen functional groups attached to an aromatic ring is 1. The molecular weight excluding hydrogens is 367 g/mol. The summed E-state index contributed by atoms with van der Waals surface area (Å²) in [5.74, 6) is 0.457. The highest BCUT2D eigenvalue weighted by atomic mass is 19.1. The van der Waals surface area contributed by atoms with E-state index < -0.39 is 0 Å². The van der Waals surface area contributed by atoms with Gasteiger partial charge in [-0.25, -0.2) is 9.37 Å². The maximum atomic E-state index is 14.9. The first-order chi connectivity index (χ1) is 14.2. The predicted molar refractivity (Wildman–Crippen MR) is 114 cm³/mol. The molecule has 3 aromatic rings. The van der Waals surface area contributed by atoms with Gasteiger partial charge in [0.1, 0.15) is 11.6 Å². The van der Waals surface area contributed by atoms with Crippen molar-refractivity contribution >= 4 is 11.5 Å². The van der Waals surface area contributed by atoms with E-state index in [1.165, 1.54) is 12.4 Å². The zero-order valence-electron chi connectivity index (χ0n) is 16.3. The molecule has 5 nitrogen and oxygen atoms in total. The van der Waals surface area contributed by atoms with Gasteiger partial charge < -0.3 is 15.7 Å². The summed E-state index contributed by atoms with van der Waals surface area (Å²) in [5, 5.41) is 9.30. The fourth-order valence-corrected chi connectivity index (χ4v) is 4.06. The van der Waals surface area contributed by atoms with Gasteiger partial charge in [0.15, 0.2) is 0 Å². The summed E-state index contributed by atoms with van der Waals surface area (Å²) in [6.45, 7) is 2.11. The lowest BCUT2D eigenvalue weighted by Gasteiger charge is -2.35. The molecule has 1 aliphatic rings. The Bertz CT molecular complexity index is 975. The molecule has 0 aliphatic carbocycles. The summed E-state index contributed by atoms with van der Waals surface area (Å²) >= 11 is 0. The Morgan fingerprint density at radius 2 is 1.97 bits per heavy atom. The minimum absolute atomic E-state index is 0.223. The lowest BCUT2D eigenvalue weighted by molar-refractivity contribution is 0.244. The van der Waals surface area contributed by atoms with Gasteiger partial charge >= 0.3 is 0 Å². The smallest absolute Gasteiger partial charge is 0.141 e. The van der Waals surface area contributed by atoms with Crippen LogP contribution in [0.4, 0.5) is 15.9 Å². The van der Waals surface area contributed by atoms with Gasteiger partial charge in [-0.15, -0.1) is 0 Å². The van der Waals surface area contributed by atoms with Crippen LogP contribution in [0.2, 0.25) is 0 Å². The number of halogens is 1. The second-order valence-corrected chi connectivity index (χ2v) is 7.50. The van der Waals surface area contributed by atoms with Gasteiger partial charge in [-0.2, -0.15) is 0 Å². The third-order valence-corrected chi connectivity index (χ3v) is 5.53.